The second-order valence-electron chi connectivity index (χ2n) is 8.57. The number of nitrogens with zero attached hydrogens (tertiary/aromatic N) is 2. The first-order valence-electron chi connectivity index (χ1n) is 11.0. The molecular formula is C22H25Cl2N4O7P. The van der Waals surface area contributed by atoms with Crippen LogP contribution >= 0.6 is 30.8 Å². The molecule has 1 unspecified atom stereocenters. The highest BCUT2D eigenvalue weighted by atomic mass is 35.5. The van der Waals surface area contributed by atoms with Gasteiger partial charge in [0.1, 0.15) is 35.4 Å². The number of aromatic amines is 1. The molecule has 0 saturated carbocycles. The van der Waals surface area contributed by atoms with Gasteiger partial charge in [0, 0.05) is 5.92 Å². The van der Waals surface area contributed by atoms with E-state index in [0.717, 1.165) is 0 Å². The molecule has 14 heteroatoms. The number of anilines is 1. The number of rotatable bonds is 9. The lowest BCUT2D eigenvalue weighted by Crippen LogP contribution is -2.37. The van der Waals surface area contributed by atoms with Gasteiger partial charge in [-0.2, -0.15) is 0 Å². The van der Waals surface area contributed by atoms with Crippen molar-refractivity contribution in [2.24, 2.45) is 5.92 Å². The van der Waals surface area contributed by atoms with Gasteiger partial charge in [-0.25, -0.2) is 9.08 Å². The average Bonchev–Trinajstić information content (AvgIpc) is 3.31. The molecular weight excluding hydrogens is 534 g/mol. The first kappa shape index (κ1) is 26.7. The maximum atomic E-state index is 13.6. The molecule has 1 aromatic carbocycles. The first-order valence-corrected chi connectivity index (χ1v) is 13.5. The molecule has 11 nitrogen and oxygen atoms in total. The summed E-state index contributed by atoms with van der Waals surface area (Å²) in [5.74, 6) is -0.643. The maximum absolute atomic E-state index is 13.6. The summed E-state index contributed by atoms with van der Waals surface area (Å²) in [7, 11) is -3.88. The van der Waals surface area contributed by atoms with Crippen LogP contribution in [0.1, 0.15) is 25.6 Å². The predicted octanol–water partition coefficient (Wildman–Crippen LogP) is 3.09. The van der Waals surface area contributed by atoms with Gasteiger partial charge in [-0.1, -0.05) is 48.3 Å². The van der Waals surface area contributed by atoms with Crippen LogP contribution in [-0.2, 0) is 18.6 Å². The number of halogens is 2. The predicted molar refractivity (Wildman–Crippen MR) is 134 cm³/mol. The number of hydrogen-bond acceptors (Lipinski definition) is 9. The fourth-order valence-electron chi connectivity index (χ4n) is 3.79. The molecule has 194 valence electrons. The second kappa shape index (κ2) is 10.2. The molecule has 0 spiro atoms. The van der Waals surface area contributed by atoms with E-state index >= 15 is 0 Å². The van der Waals surface area contributed by atoms with Crippen LogP contribution in [-0.4, -0.2) is 54.8 Å². The van der Waals surface area contributed by atoms with Crippen LogP contribution in [0.5, 0.6) is 5.75 Å². The second-order valence-corrected chi connectivity index (χ2v) is 12.0. The molecule has 3 aromatic rings. The van der Waals surface area contributed by atoms with Crippen LogP contribution in [0.4, 0.5) is 5.95 Å². The van der Waals surface area contributed by atoms with Crippen molar-refractivity contribution in [3.05, 3.63) is 58.5 Å². The Hall–Kier alpha value is -2.40. The Bertz CT molecular complexity index is 1360. The number of ketones is 1. The normalized spacial score (nSPS) is 23.9. The lowest BCUT2D eigenvalue weighted by atomic mass is 10.1. The van der Waals surface area contributed by atoms with E-state index in [-0.39, 0.29) is 29.1 Å². The van der Waals surface area contributed by atoms with Gasteiger partial charge in [-0.05, 0) is 31.2 Å². The number of carbonyl (C=O) groups is 1. The number of para-hydroxylation sites is 1. The minimum atomic E-state index is -3.88. The summed E-state index contributed by atoms with van der Waals surface area (Å²) in [6.45, 7) is 2.59. The third-order valence-corrected chi connectivity index (χ3v) is 8.73. The molecule has 3 heterocycles. The number of aliphatic hydroxyl groups excluding tert-OH is 1. The molecule has 1 aliphatic heterocycles. The fraction of sp³-hybridized carbons (Fsp3) is 0.409. The number of nitrogens with two attached hydrogens (primary N) is 1. The van der Waals surface area contributed by atoms with Crippen LogP contribution in [0.2, 0.25) is 0 Å². The zero-order chi connectivity index (χ0) is 26.3. The molecule has 0 amide bonds. The topological polar surface area (TPSA) is 158 Å². The number of nitrogens with one attached hydrogen (secondary N) is 1. The molecule has 0 aliphatic carbocycles. The molecule has 4 N–H and O–H groups in total. The van der Waals surface area contributed by atoms with Crippen molar-refractivity contribution in [1.82, 2.24) is 14.6 Å². The average molecular weight is 559 g/mol. The number of fused-ring (bicyclic) bond motifs is 1. The molecule has 1 aliphatic rings. The highest BCUT2D eigenvalue weighted by Gasteiger charge is 2.56. The first-order chi connectivity index (χ1) is 16.9. The Morgan fingerprint density at radius 3 is 2.69 bits per heavy atom. The monoisotopic (exact) mass is 558 g/mol. The molecule has 4 rings (SSSR count). The molecule has 1 fully saturated rings. The lowest BCUT2D eigenvalue weighted by molar-refractivity contribution is -0.119. The van der Waals surface area contributed by atoms with Crippen LogP contribution < -0.4 is 15.8 Å². The highest BCUT2D eigenvalue weighted by Crippen LogP contribution is 2.53. The quantitative estimate of drug-likeness (QED) is 0.265. The molecule has 2 aromatic heterocycles. The minimum Gasteiger partial charge on any atom is -0.424 e. The minimum absolute atomic E-state index is 0.142. The van der Waals surface area contributed by atoms with Crippen LogP contribution in [0.3, 0.4) is 0 Å². The number of carbonyl (C=O) groups excluding carboxylic acids is 1. The number of hydrogen-bond donors (Lipinski definition) is 3. The Labute approximate surface area is 216 Å². The van der Waals surface area contributed by atoms with Crippen molar-refractivity contribution in [3.8, 4) is 5.75 Å². The lowest BCUT2D eigenvalue weighted by Gasteiger charge is -2.24. The van der Waals surface area contributed by atoms with Gasteiger partial charge in [0.2, 0.25) is 5.95 Å². The van der Waals surface area contributed by atoms with Crippen molar-refractivity contribution in [2.45, 2.75) is 36.5 Å². The van der Waals surface area contributed by atoms with E-state index in [1.807, 2.05) is 0 Å². The standard InChI is InChI=1S/C22H25Cl2N4O7P/c1-12(13(2)29)11-36(32,35-14-6-4-3-5-7-14)33-10-17-18(30)22(23,24)19(34-17)15-8-9-16-20(31)26-21(25)27-28(15)16/h3-9,12,17-19,30H,10-11H2,1-2H3,(H3,25,26,27,31)/t12-,17-,18+,19+,36?/m1/s1. The van der Waals surface area contributed by atoms with E-state index in [1.165, 1.54) is 23.6 Å². The van der Waals surface area contributed by atoms with Crippen molar-refractivity contribution in [1.29, 1.82) is 0 Å². The molecule has 0 radical (unpaired) electrons. The number of nitrogen functional groups attached to an aromatic ring is 1. The van der Waals surface area contributed by atoms with Crippen LogP contribution in [0, 0.1) is 5.92 Å². The summed E-state index contributed by atoms with van der Waals surface area (Å²) in [5, 5.41) is 14.9. The Morgan fingerprint density at radius 1 is 1.33 bits per heavy atom. The number of H-pyrrole nitrogens is 1. The van der Waals surface area contributed by atoms with Crippen molar-refractivity contribution >= 4 is 48.0 Å². The van der Waals surface area contributed by atoms with E-state index in [1.54, 1.807) is 37.3 Å². The number of aromatic nitrogens is 3. The van der Waals surface area contributed by atoms with Gasteiger partial charge in [0.05, 0.1) is 18.5 Å². The van der Waals surface area contributed by atoms with Crippen molar-refractivity contribution in [3.63, 3.8) is 0 Å². The molecule has 36 heavy (non-hydrogen) atoms. The third kappa shape index (κ3) is 5.32. The van der Waals surface area contributed by atoms with E-state index in [4.69, 9.17) is 42.7 Å². The van der Waals surface area contributed by atoms with Gasteiger partial charge in [-0.15, -0.1) is 5.10 Å². The largest absolute Gasteiger partial charge is 0.424 e. The SMILES string of the molecule is CC(=O)[C@H](C)CP(=O)(OC[C@H]1O[C@@H](c2ccc3c(=O)[nH]c(N)nn23)C(Cl)(Cl)[C@H]1O)Oc1ccccc1. The number of aliphatic hydroxyl groups is 1. The van der Waals surface area contributed by atoms with Crippen molar-refractivity contribution in [2.75, 3.05) is 18.5 Å². The molecule has 1 saturated heterocycles. The van der Waals surface area contributed by atoms with Gasteiger partial charge in [-0.3, -0.25) is 19.1 Å². The number of benzene rings is 1. The van der Waals surface area contributed by atoms with E-state index in [9.17, 15) is 19.3 Å². The van der Waals surface area contributed by atoms with Gasteiger partial charge < -0.3 is 20.1 Å². The zero-order valence-corrected chi connectivity index (χ0v) is 21.7. The highest BCUT2D eigenvalue weighted by molar-refractivity contribution is 7.54. The number of alkyl halides is 2. The molecule has 5 atom stereocenters. The zero-order valence-electron chi connectivity index (χ0n) is 19.3. The Morgan fingerprint density at radius 2 is 2.03 bits per heavy atom. The van der Waals surface area contributed by atoms with E-state index in [0.29, 0.717) is 5.75 Å². The Balaban J connectivity index is 1.57. The summed E-state index contributed by atoms with van der Waals surface area (Å²) >= 11 is 13.0. The van der Waals surface area contributed by atoms with E-state index < -0.39 is 48.3 Å². The summed E-state index contributed by atoms with van der Waals surface area (Å²) in [6.07, 6.45) is -3.95. The van der Waals surface area contributed by atoms with Crippen LogP contribution in [0.25, 0.3) is 5.52 Å². The fourth-order valence-corrected chi connectivity index (χ4v) is 6.37. The van der Waals surface area contributed by atoms with Crippen molar-refractivity contribution < 1.29 is 28.3 Å². The van der Waals surface area contributed by atoms with Gasteiger partial charge in [0.25, 0.3) is 5.56 Å². The van der Waals surface area contributed by atoms with Gasteiger partial charge >= 0.3 is 7.60 Å². The van der Waals surface area contributed by atoms with E-state index in [2.05, 4.69) is 10.1 Å². The maximum Gasteiger partial charge on any atom is 0.379 e. The molecule has 0 bridgehead atoms. The van der Waals surface area contributed by atoms with Crippen LogP contribution in [0.15, 0.2) is 47.3 Å². The number of ether oxygens (including phenoxy) is 1. The summed E-state index contributed by atoms with van der Waals surface area (Å²) in [5.41, 5.74) is 5.61. The third-order valence-electron chi connectivity index (χ3n) is 5.86. The summed E-state index contributed by atoms with van der Waals surface area (Å²) in [4.78, 5) is 26.4. The summed E-state index contributed by atoms with van der Waals surface area (Å²) < 4.78 is 30.2. The smallest absolute Gasteiger partial charge is 0.379 e. The van der Waals surface area contributed by atoms with Gasteiger partial charge in [0.15, 0.2) is 4.33 Å². The number of Topliss-reactive ketones (excluding diaryl/α,β-unsaturated/α-hetero) is 1. The summed E-state index contributed by atoms with van der Waals surface area (Å²) in [6, 6.07) is 11.4. The Kier molecular flexibility index (Phi) is 7.52.